The van der Waals surface area contributed by atoms with Crippen molar-refractivity contribution in [3.63, 3.8) is 0 Å². The van der Waals surface area contributed by atoms with Crippen LogP contribution in [0.3, 0.4) is 0 Å². The van der Waals surface area contributed by atoms with E-state index >= 15 is 0 Å². The normalized spacial score (nSPS) is 14.0. The van der Waals surface area contributed by atoms with Crippen molar-refractivity contribution in [2.45, 2.75) is 26.4 Å². The highest BCUT2D eigenvalue weighted by Gasteiger charge is 2.32. The molecule has 1 aliphatic rings. The molecule has 0 saturated carbocycles. The lowest BCUT2D eigenvalue weighted by Gasteiger charge is -2.10. The number of benzene rings is 2. The zero-order chi connectivity index (χ0) is 19.2. The van der Waals surface area contributed by atoms with E-state index in [-0.39, 0.29) is 12.8 Å². The van der Waals surface area contributed by atoms with Crippen LogP contribution in [0.2, 0.25) is 0 Å². The van der Waals surface area contributed by atoms with Gasteiger partial charge in [0.25, 0.3) is 11.8 Å². The zero-order valence-corrected chi connectivity index (χ0v) is 14.9. The number of imide groups is 1. The molecule has 0 unspecified atom stereocenters. The van der Waals surface area contributed by atoms with Gasteiger partial charge in [-0.3, -0.25) is 9.59 Å². The number of aryl methyl sites for hydroxylation is 1. The van der Waals surface area contributed by atoms with Crippen LogP contribution in [0.15, 0.2) is 54.6 Å². The van der Waals surface area contributed by atoms with E-state index in [0.29, 0.717) is 17.4 Å². The van der Waals surface area contributed by atoms with Gasteiger partial charge < -0.3 is 9.57 Å². The molecule has 0 aliphatic carbocycles. The Balaban J connectivity index is 1.51. The maximum atomic E-state index is 11.7. The SMILES string of the molecule is Cc1ccc(COc2ccc(/C=C/C(=O)ON3C(=O)CCC3=O)cc2)cc1. The third kappa shape index (κ3) is 5.04. The summed E-state index contributed by atoms with van der Waals surface area (Å²) >= 11 is 0. The molecule has 1 heterocycles. The van der Waals surface area contributed by atoms with Gasteiger partial charge in [-0.25, -0.2) is 4.79 Å². The second kappa shape index (κ2) is 8.31. The smallest absolute Gasteiger partial charge is 0.356 e. The number of amides is 2. The Bertz CT molecular complexity index is 852. The molecule has 1 fully saturated rings. The molecule has 2 aromatic carbocycles. The van der Waals surface area contributed by atoms with Crippen LogP contribution >= 0.6 is 0 Å². The predicted molar refractivity (Wildman–Crippen MR) is 98.2 cm³/mol. The summed E-state index contributed by atoms with van der Waals surface area (Å²) in [4.78, 5) is 39.3. The van der Waals surface area contributed by atoms with Gasteiger partial charge in [-0.1, -0.05) is 42.0 Å². The van der Waals surface area contributed by atoms with E-state index in [1.165, 1.54) is 17.7 Å². The summed E-state index contributed by atoms with van der Waals surface area (Å²) in [5, 5.41) is 0.523. The number of carbonyl (C=O) groups is 3. The minimum Gasteiger partial charge on any atom is -0.489 e. The van der Waals surface area contributed by atoms with Gasteiger partial charge in [-0.2, -0.15) is 0 Å². The average Bonchev–Trinajstić information content (AvgIpc) is 2.99. The molecular formula is C21H19NO5. The maximum absolute atomic E-state index is 11.7. The van der Waals surface area contributed by atoms with Gasteiger partial charge >= 0.3 is 5.97 Å². The molecule has 2 aromatic rings. The fourth-order valence-electron chi connectivity index (χ4n) is 2.47. The lowest BCUT2D eigenvalue weighted by molar-refractivity contribution is -0.193. The molecule has 0 radical (unpaired) electrons. The van der Waals surface area contributed by atoms with Crippen LogP contribution < -0.4 is 4.74 Å². The van der Waals surface area contributed by atoms with Crippen molar-refractivity contribution in [2.24, 2.45) is 0 Å². The fourth-order valence-corrected chi connectivity index (χ4v) is 2.47. The Morgan fingerprint density at radius 3 is 2.26 bits per heavy atom. The predicted octanol–water partition coefficient (Wildman–Crippen LogP) is 3.19. The summed E-state index contributed by atoms with van der Waals surface area (Å²) < 4.78 is 5.73. The summed E-state index contributed by atoms with van der Waals surface area (Å²) in [5.41, 5.74) is 3.04. The number of hydrogen-bond donors (Lipinski definition) is 0. The van der Waals surface area contributed by atoms with Gasteiger partial charge in [-0.05, 0) is 36.3 Å². The first kappa shape index (κ1) is 18.4. The van der Waals surface area contributed by atoms with Gasteiger partial charge in [0.1, 0.15) is 12.4 Å². The van der Waals surface area contributed by atoms with Crippen LogP contribution in [0.1, 0.15) is 29.5 Å². The minimum absolute atomic E-state index is 0.0693. The van der Waals surface area contributed by atoms with Crippen molar-refractivity contribution < 1.29 is 24.0 Å². The topological polar surface area (TPSA) is 72.9 Å². The first-order valence-corrected chi connectivity index (χ1v) is 8.55. The van der Waals surface area contributed by atoms with Gasteiger partial charge in [0.2, 0.25) is 0 Å². The third-order valence-electron chi connectivity index (χ3n) is 4.01. The first-order chi connectivity index (χ1) is 13.0. The molecule has 0 atom stereocenters. The third-order valence-corrected chi connectivity index (χ3v) is 4.01. The quantitative estimate of drug-likeness (QED) is 0.581. The van der Waals surface area contributed by atoms with E-state index in [2.05, 4.69) is 0 Å². The molecule has 0 N–H and O–H groups in total. The highest BCUT2D eigenvalue weighted by molar-refractivity contribution is 6.02. The summed E-state index contributed by atoms with van der Waals surface area (Å²) in [6, 6.07) is 15.3. The van der Waals surface area contributed by atoms with Crippen LogP contribution in [0.25, 0.3) is 6.08 Å². The number of ether oxygens (including phenoxy) is 1. The van der Waals surface area contributed by atoms with E-state index in [1.807, 2.05) is 31.2 Å². The Morgan fingerprint density at radius 2 is 1.63 bits per heavy atom. The second-order valence-electron chi connectivity index (χ2n) is 6.17. The van der Waals surface area contributed by atoms with E-state index in [9.17, 15) is 14.4 Å². The van der Waals surface area contributed by atoms with Gasteiger partial charge in [0.15, 0.2) is 0 Å². The van der Waals surface area contributed by atoms with Crippen LogP contribution in [0.4, 0.5) is 0 Å². The monoisotopic (exact) mass is 365 g/mol. The molecule has 0 spiro atoms. The molecule has 138 valence electrons. The van der Waals surface area contributed by atoms with Crippen LogP contribution in [0.5, 0.6) is 5.75 Å². The Labute approximate surface area is 157 Å². The Morgan fingerprint density at radius 1 is 1.00 bits per heavy atom. The van der Waals surface area contributed by atoms with Crippen molar-refractivity contribution in [3.05, 3.63) is 71.3 Å². The zero-order valence-electron chi connectivity index (χ0n) is 14.9. The number of carbonyl (C=O) groups excluding carboxylic acids is 3. The van der Waals surface area contributed by atoms with E-state index in [4.69, 9.17) is 9.57 Å². The number of rotatable bonds is 6. The van der Waals surface area contributed by atoms with E-state index in [1.54, 1.807) is 24.3 Å². The van der Waals surface area contributed by atoms with Crippen molar-refractivity contribution in [1.82, 2.24) is 5.06 Å². The van der Waals surface area contributed by atoms with Gasteiger partial charge in [0, 0.05) is 18.9 Å². The average molecular weight is 365 g/mol. The molecule has 0 bridgehead atoms. The van der Waals surface area contributed by atoms with Crippen molar-refractivity contribution in [1.29, 1.82) is 0 Å². The summed E-state index contributed by atoms with van der Waals surface area (Å²) in [5.74, 6) is -1.07. The Kier molecular flexibility index (Phi) is 5.66. The van der Waals surface area contributed by atoms with E-state index < -0.39 is 17.8 Å². The molecule has 1 saturated heterocycles. The molecule has 2 amide bonds. The van der Waals surface area contributed by atoms with Crippen molar-refractivity contribution in [3.8, 4) is 5.75 Å². The first-order valence-electron chi connectivity index (χ1n) is 8.55. The minimum atomic E-state index is -0.779. The molecule has 0 aromatic heterocycles. The molecule has 27 heavy (non-hydrogen) atoms. The summed E-state index contributed by atoms with van der Waals surface area (Å²) in [6.45, 7) is 2.51. The van der Waals surface area contributed by atoms with Crippen LogP contribution in [-0.2, 0) is 25.8 Å². The molecule has 3 rings (SSSR count). The lowest BCUT2D eigenvalue weighted by Crippen LogP contribution is -2.31. The lowest BCUT2D eigenvalue weighted by atomic mass is 10.2. The van der Waals surface area contributed by atoms with Crippen molar-refractivity contribution >= 4 is 23.9 Å². The standard InChI is InChI=1S/C21H19NO5/c1-15-2-4-17(5-3-15)14-26-18-9-6-16(7-10-18)8-13-21(25)27-22-19(23)11-12-20(22)24/h2-10,13H,11-12,14H2,1H3/b13-8+. The molecule has 6 heteroatoms. The highest BCUT2D eigenvalue weighted by Crippen LogP contribution is 2.16. The second-order valence-corrected chi connectivity index (χ2v) is 6.17. The number of hydrogen-bond acceptors (Lipinski definition) is 5. The largest absolute Gasteiger partial charge is 0.489 e. The summed E-state index contributed by atoms with van der Waals surface area (Å²) in [7, 11) is 0. The maximum Gasteiger partial charge on any atom is 0.356 e. The fraction of sp³-hybridized carbons (Fsp3) is 0.190. The number of nitrogens with zero attached hydrogens (tertiary/aromatic N) is 1. The molecule has 1 aliphatic heterocycles. The number of hydroxylamine groups is 2. The van der Waals surface area contributed by atoms with Crippen LogP contribution in [0, 0.1) is 6.92 Å². The molecular weight excluding hydrogens is 346 g/mol. The van der Waals surface area contributed by atoms with Crippen LogP contribution in [-0.4, -0.2) is 22.8 Å². The van der Waals surface area contributed by atoms with Crippen molar-refractivity contribution in [2.75, 3.05) is 0 Å². The Hall–Kier alpha value is -3.41. The van der Waals surface area contributed by atoms with Gasteiger partial charge in [0.05, 0.1) is 0 Å². The molecule has 6 nitrogen and oxygen atoms in total. The van der Waals surface area contributed by atoms with Gasteiger partial charge in [-0.15, -0.1) is 5.06 Å². The summed E-state index contributed by atoms with van der Waals surface area (Å²) in [6.07, 6.45) is 2.85. The highest BCUT2D eigenvalue weighted by atomic mass is 16.7. The van der Waals surface area contributed by atoms with E-state index in [0.717, 1.165) is 11.1 Å².